The van der Waals surface area contributed by atoms with Crippen LogP contribution in [0.2, 0.25) is 0 Å². The summed E-state index contributed by atoms with van der Waals surface area (Å²) in [4.78, 5) is 13.7. The second kappa shape index (κ2) is 15.7. The Morgan fingerprint density at radius 1 is 0.188 bits per heavy atom. The molecule has 9 aromatic carbocycles. The molecule has 0 fully saturated rings. The van der Waals surface area contributed by atoms with Gasteiger partial charge in [0.05, 0.1) is 0 Å². The predicted octanol–water partition coefficient (Wildman–Crippen LogP) is 16.2. The van der Waals surface area contributed by atoms with Crippen molar-refractivity contribution in [2.24, 2.45) is 0 Å². The number of aromatic nitrogens is 3. The maximum absolute atomic E-state index is 4.73. The van der Waals surface area contributed by atoms with E-state index in [1.54, 1.807) is 0 Å². The Bertz CT molecular complexity index is 3700. The Kier molecular flexibility index (Phi) is 9.16. The standard InChI is InChI=1S/C61H39N3/c1-2-14-40(15-3-1)41-16-8-21-46(32-41)60-51-26-5-4-25-50(51)54-35-56-57(36-55(54)61(60)49-24-13-31-64-39-49)59(45-20-10-18-43(34-45)48-23-12-30-63-38-48)53-28-7-6-27-52(53)58(56)44-19-9-17-42(33-44)47-22-11-29-62-37-47/h1-39H. The van der Waals surface area contributed by atoms with Gasteiger partial charge >= 0.3 is 0 Å². The molecular weight excluding hydrogens is 775 g/mol. The van der Waals surface area contributed by atoms with E-state index in [4.69, 9.17) is 4.98 Å². The van der Waals surface area contributed by atoms with Crippen LogP contribution >= 0.6 is 0 Å². The highest BCUT2D eigenvalue weighted by molar-refractivity contribution is 6.29. The van der Waals surface area contributed by atoms with Crippen molar-refractivity contribution >= 4 is 43.1 Å². The van der Waals surface area contributed by atoms with Crippen LogP contribution in [0, 0.1) is 0 Å². The van der Waals surface area contributed by atoms with Crippen LogP contribution in [0.25, 0.3) is 121 Å². The Balaban J connectivity index is 1.25. The molecule has 0 saturated carbocycles. The lowest BCUT2D eigenvalue weighted by Gasteiger charge is -2.23. The summed E-state index contributed by atoms with van der Waals surface area (Å²) in [5.74, 6) is 0. The first-order valence-corrected chi connectivity index (χ1v) is 21.7. The molecule has 0 radical (unpaired) electrons. The Morgan fingerprint density at radius 2 is 0.531 bits per heavy atom. The van der Waals surface area contributed by atoms with Crippen molar-refractivity contribution in [1.29, 1.82) is 0 Å². The van der Waals surface area contributed by atoms with E-state index in [1.807, 2.05) is 49.3 Å². The van der Waals surface area contributed by atoms with E-state index in [2.05, 4.69) is 198 Å². The van der Waals surface area contributed by atoms with E-state index in [9.17, 15) is 0 Å². The minimum absolute atomic E-state index is 1.07. The van der Waals surface area contributed by atoms with Crippen LogP contribution in [0.1, 0.15) is 0 Å². The third-order valence-electron chi connectivity index (χ3n) is 12.7. The molecule has 12 rings (SSSR count). The molecular formula is C61H39N3. The first-order valence-electron chi connectivity index (χ1n) is 21.7. The average molecular weight is 814 g/mol. The minimum Gasteiger partial charge on any atom is -0.264 e. The van der Waals surface area contributed by atoms with Gasteiger partial charge in [0.15, 0.2) is 0 Å². The molecule has 0 aliphatic rings. The number of pyridine rings is 3. The number of hydrogen-bond acceptors (Lipinski definition) is 3. The quantitative estimate of drug-likeness (QED) is 0.119. The molecule has 0 saturated heterocycles. The van der Waals surface area contributed by atoms with Gasteiger partial charge in [0, 0.05) is 53.9 Å². The number of hydrogen-bond donors (Lipinski definition) is 0. The fourth-order valence-corrected chi connectivity index (χ4v) is 9.85. The predicted molar refractivity (Wildman–Crippen MR) is 268 cm³/mol. The molecule has 0 N–H and O–H groups in total. The Morgan fingerprint density at radius 3 is 1.03 bits per heavy atom. The van der Waals surface area contributed by atoms with Crippen LogP contribution in [0.4, 0.5) is 0 Å². The van der Waals surface area contributed by atoms with Gasteiger partial charge in [-0.25, -0.2) is 0 Å². The van der Waals surface area contributed by atoms with E-state index >= 15 is 0 Å². The summed E-state index contributed by atoms with van der Waals surface area (Å²) >= 11 is 0. The number of nitrogens with zero attached hydrogens (tertiary/aromatic N) is 3. The normalized spacial score (nSPS) is 11.4. The van der Waals surface area contributed by atoms with E-state index in [0.717, 1.165) is 50.1 Å². The van der Waals surface area contributed by atoms with Gasteiger partial charge < -0.3 is 0 Å². The lowest BCUT2D eigenvalue weighted by atomic mass is 9.80. The zero-order valence-corrected chi connectivity index (χ0v) is 34.9. The number of rotatable bonds is 7. The van der Waals surface area contributed by atoms with Gasteiger partial charge in [-0.2, -0.15) is 0 Å². The van der Waals surface area contributed by atoms with Crippen molar-refractivity contribution in [1.82, 2.24) is 15.0 Å². The highest BCUT2D eigenvalue weighted by Gasteiger charge is 2.23. The SMILES string of the molecule is c1ccc(-c2cccc(-c3c(-c4cccnc4)c4cc5c(-c6cccc(-c7cccnc7)c6)c6ccccc6c(-c6cccc(-c7cccnc7)c6)c5cc4c4ccccc34)c2)cc1. The second-order valence-corrected chi connectivity index (χ2v) is 16.4. The third kappa shape index (κ3) is 6.42. The van der Waals surface area contributed by atoms with Crippen LogP contribution in [-0.2, 0) is 0 Å². The summed E-state index contributed by atoms with van der Waals surface area (Å²) < 4.78 is 0. The molecule has 0 spiro atoms. The summed E-state index contributed by atoms with van der Waals surface area (Å²) in [5.41, 5.74) is 16.1. The molecule has 64 heavy (non-hydrogen) atoms. The summed E-state index contributed by atoms with van der Waals surface area (Å²) in [7, 11) is 0. The fraction of sp³-hybridized carbons (Fsp3) is 0. The highest BCUT2D eigenvalue weighted by atomic mass is 14.6. The van der Waals surface area contributed by atoms with Crippen LogP contribution in [0.15, 0.2) is 237 Å². The smallest absolute Gasteiger partial charge is 0.0346 e. The number of benzene rings is 9. The highest BCUT2D eigenvalue weighted by Crippen LogP contribution is 2.50. The Labute approximate surface area is 371 Å². The molecule has 12 aromatic rings. The first kappa shape index (κ1) is 37.2. The van der Waals surface area contributed by atoms with E-state index in [0.29, 0.717) is 0 Å². The molecule has 0 atom stereocenters. The van der Waals surface area contributed by atoms with Crippen LogP contribution in [-0.4, -0.2) is 15.0 Å². The molecule has 3 heterocycles. The van der Waals surface area contributed by atoms with Crippen molar-refractivity contribution in [2.45, 2.75) is 0 Å². The average Bonchev–Trinajstić information content (AvgIpc) is 3.38. The lowest BCUT2D eigenvalue weighted by Crippen LogP contribution is -1.95. The maximum atomic E-state index is 4.73. The number of fused-ring (bicyclic) bond motifs is 5. The van der Waals surface area contributed by atoms with Crippen LogP contribution in [0.3, 0.4) is 0 Å². The van der Waals surface area contributed by atoms with Crippen molar-refractivity contribution in [3.05, 3.63) is 237 Å². The maximum Gasteiger partial charge on any atom is 0.0346 e. The molecule has 0 bridgehead atoms. The fourth-order valence-electron chi connectivity index (χ4n) is 9.85. The van der Waals surface area contributed by atoms with Gasteiger partial charge in [-0.1, -0.05) is 152 Å². The monoisotopic (exact) mass is 813 g/mol. The van der Waals surface area contributed by atoms with E-state index in [-0.39, 0.29) is 0 Å². The summed E-state index contributed by atoms with van der Waals surface area (Å²) in [6.45, 7) is 0. The van der Waals surface area contributed by atoms with Crippen LogP contribution < -0.4 is 0 Å². The summed E-state index contributed by atoms with van der Waals surface area (Å²) in [6, 6.07) is 72.9. The zero-order chi connectivity index (χ0) is 42.4. The second-order valence-electron chi connectivity index (χ2n) is 16.4. The Hall–Kier alpha value is -8.53. The van der Waals surface area contributed by atoms with Gasteiger partial charge in [0.2, 0.25) is 0 Å². The molecule has 0 aliphatic carbocycles. The molecule has 3 aromatic heterocycles. The lowest BCUT2D eigenvalue weighted by molar-refractivity contribution is 1.33. The van der Waals surface area contributed by atoms with Crippen molar-refractivity contribution in [3.63, 3.8) is 0 Å². The molecule has 0 unspecified atom stereocenters. The van der Waals surface area contributed by atoms with Crippen LogP contribution in [0.5, 0.6) is 0 Å². The first-order chi connectivity index (χ1) is 31.8. The van der Waals surface area contributed by atoms with Crippen molar-refractivity contribution < 1.29 is 0 Å². The van der Waals surface area contributed by atoms with Crippen molar-refractivity contribution in [3.8, 4) is 77.9 Å². The van der Waals surface area contributed by atoms with Gasteiger partial charge in [0.1, 0.15) is 0 Å². The zero-order valence-electron chi connectivity index (χ0n) is 34.9. The minimum atomic E-state index is 1.07. The molecule has 0 amide bonds. The van der Waals surface area contributed by atoms with Gasteiger partial charge in [-0.05, 0) is 153 Å². The molecule has 298 valence electrons. The van der Waals surface area contributed by atoms with Gasteiger partial charge in [0.25, 0.3) is 0 Å². The van der Waals surface area contributed by atoms with E-state index in [1.165, 1.54) is 70.9 Å². The van der Waals surface area contributed by atoms with E-state index < -0.39 is 0 Å². The third-order valence-corrected chi connectivity index (χ3v) is 12.7. The molecule has 3 heteroatoms. The van der Waals surface area contributed by atoms with Gasteiger partial charge in [-0.3, -0.25) is 15.0 Å². The largest absolute Gasteiger partial charge is 0.264 e. The topological polar surface area (TPSA) is 38.7 Å². The van der Waals surface area contributed by atoms with Crippen molar-refractivity contribution in [2.75, 3.05) is 0 Å². The summed E-state index contributed by atoms with van der Waals surface area (Å²) in [6.07, 6.45) is 11.4. The summed E-state index contributed by atoms with van der Waals surface area (Å²) in [5, 5.41) is 9.54. The van der Waals surface area contributed by atoms with Gasteiger partial charge in [-0.15, -0.1) is 0 Å². The molecule has 3 nitrogen and oxygen atoms in total. The molecule has 0 aliphatic heterocycles.